The van der Waals surface area contributed by atoms with Crippen molar-refractivity contribution in [1.82, 2.24) is 15.1 Å². The Bertz CT molecular complexity index is 228. The predicted molar refractivity (Wildman–Crippen MR) is 67.9 cm³/mol. The fraction of sp³-hybridized carbons (Fsp3) is 0.917. The molecule has 1 aliphatic rings. The quantitative estimate of drug-likeness (QED) is 0.661. The van der Waals surface area contributed by atoms with Crippen molar-refractivity contribution in [1.29, 1.82) is 0 Å². The zero-order valence-corrected chi connectivity index (χ0v) is 11.0. The fourth-order valence-electron chi connectivity index (χ4n) is 2.26. The van der Waals surface area contributed by atoms with Crippen LogP contribution in [0.5, 0.6) is 0 Å². The molecular formula is C12H25N3O2. The van der Waals surface area contributed by atoms with Gasteiger partial charge < -0.3 is 20.2 Å². The molecule has 0 saturated carbocycles. The molecule has 0 spiro atoms. The Labute approximate surface area is 104 Å². The Morgan fingerprint density at radius 1 is 1.47 bits per heavy atom. The molecule has 1 amide bonds. The standard InChI is InChI=1S/C12H25N3O2/c1-3-13-10-12(17)15(8-9-16)11-4-6-14(2)7-5-11/h11,13,16H,3-10H2,1-2H3. The van der Waals surface area contributed by atoms with Crippen LogP contribution in [0.4, 0.5) is 0 Å². The number of aliphatic hydroxyl groups is 1. The second-order valence-corrected chi connectivity index (χ2v) is 4.63. The number of likely N-dealkylation sites (tertiary alicyclic amines) is 1. The van der Waals surface area contributed by atoms with Crippen LogP contribution in [0.1, 0.15) is 19.8 Å². The van der Waals surface area contributed by atoms with E-state index in [0.29, 0.717) is 19.1 Å². The average Bonchev–Trinajstić information content (AvgIpc) is 2.34. The molecule has 0 radical (unpaired) electrons. The molecule has 5 heteroatoms. The third-order valence-electron chi connectivity index (χ3n) is 3.32. The molecule has 0 aromatic rings. The number of hydrogen-bond acceptors (Lipinski definition) is 4. The number of nitrogens with zero attached hydrogens (tertiary/aromatic N) is 2. The van der Waals surface area contributed by atoms with Crippen LogP contribution < -0.4 is 5.32 Å². The van der Waals surface area contributed by atoms with Gasteiger partial charge in [0.1, 0.15) is 0 Å². The van der Waals surface area contributed by atoms with E-state index in [4.69, 9.17) is 5.11 Å². The molecular weight excluding hydrogens is 218 g/mol. The summed E-state index contributed by atoms with van der Waals surface area (Å²) in [7, 11) is 2.10. The van der Waals surface area contributed by atoms with Crippen LogP contribution in [-0.2, 0) is 4.79 Å². The fourth-order valence-corrected chi connectivity index (χ4v) is 2.26. The van der Waals surface area contributed by atoms with Crippen molar-refractivity contribution in [2.24, 2.45) is 0 Å². The third kappa shape index (κ3) is 4.61. The lowest BCUT2D eigenvalue weighted by molar-refractivity contribution is -0.134. The molecule has 1 fully saturated rings. The van der Waals surface area contributed by atoms with Crippen molar-refractivity contribution in [3.63, 3.8) is 0 Å². The molecule has 1 aliphatic heterocycles. The Kier molecular flexibility index (Phi) is 6.47. The van der Waals surface area contributed by atoms with Gasteiger partial charge in [0.15, 0.2) is 0 Å². The van der Waals surface area contributed by atoms with Gasteiger partial charge in [-0.1, -0.05) is 6.92 Å². The molecule has 1 saturated heterocycles. The highest BCUT2D eigenvalue weighted by molar-refractivity contribution is 5.78. The number of piperidine rings is 1. The molecule has 0 bridgehead atoms. The van der Waals surface area contributed by atoms with Crippen molar-refractivity contribution in [3.8, 4) is 0 Å². The molecule has 0 aromatic heterocycles. The minimum atomic E-state index is 0.0458. The zero-order chi connectivity index (χ0) is 12.7. The highest BCUT2D eigenvalue weighted by atomic mass is 16.3. The van der Waals surface area contributed by atoms with Gasteiger partial charge in [0.25, 0.3) is 0 Å². The van der Waals surface area contributed by atoms with Crippen LogP contribution in [0, 0.1) is 0 Å². The van der Waals surface area contributed by atoms with Crippen LogP contribution >= 0.6 is 0 Å². The molecule has 5 nitrogen and oxygen atoms in total. The number of aliphatic hydroxyl groups excluding tert-OH is 1. The van der Waals surface area contributed by atoms with Gasteiger partial charge in [-0.15, -0.1) is 0 Å². The van der Waals surface area contributed by atoms with Crippen LogP contribution in [0.3, 0.4) is 0 Å². The van der Waals surface area contributed by atoms with Gasteiger partial charge in [-0.05, 0) is 39.5 Å². The summed E-state index contributed by atoms with van der Waals surface area (Å²) in [5.74, 6) is 0.107. The second kappa shape index (κ2) is 7.63. The van der Waals surface area contributed by atoms with Crippen LogP contribution in [0.2, 0.25) is 0 Å². The van der Waals surface area contributed by atoms with E-state index in [2.05, 4.69) is 17.3 Å². The number of nitrogens with one attached hydrogen (secondary N) is 1. The Morgan fingerprint density at radius 3 is 2.65 bits per heavy atom. The first-order chi connectivity index (χ1) is 8.19. The Morgan fingerprint density at radius 2 is 2.12 bits per heavy atom. The van der Waals surface area contributed by atoms with Gasteiger partial charge in [0, 0.05) is 12.6 Å². The summed E-state index contributed by atoms with van der Waals surface area (Å²) in [5.41, 5.74) is 0. The summed E-state index contributed by atoms with van der Waals surface area (Å²) in [6.45, 7) is 5.72. The topological polar surface area (TPSA) is 55.8 Å². The zero-order valence-electron chi connectivity index (χ0n) is 11.0. The summed E-state index contributed by atoms with van der Waals surface area (Å²) >= 11 is 0. The summed E-state index contributed by atoms with van der Waals surface area (Å²) in [5, 5.41) is 12.1. The first-order valence-corrected chi connectivity index (χ1v) is 6.48. The lowest BCUT2D eigenvalue weighted by atomic mass is 10.0. The van der Waals surface area contributed by atoms with E-state index in [9.17, 15) is 4.79 Å². The van der Waals surface area contributed by atoms with Crippen molar-refractivity contribution >= 4 is 5.91 Å². The average molecular weight is 243 g/mol. The monoisotopic (exact) mass is 243 g/mol. The van der Waals surface area contributed by atoms with Gasteiger partial charge in [0.05, 0.1) is 13.2 Å². The normalized spacial score (nSPS) is 18.3. The van der Waals surface area contributed by atoms with Crippen LogP contribution in [-0.4, -0.2) is 73.2 Å². The molecule has 1 heterocycles. The number of amides is 1. The van der Waals surface area contributed by atoms with Crippen molar-refractivity contribution < 1.29 is 9.90 Å². The first kappa shape index (κ1) is 14.4. The largest absolute Gasteiger partial charge is 0.395 e. The van der Waals surface area contributed by atoms with Gasteiger partial charge in [-0.2, -0.15) is 0 Å². The van der Waals surface area contributed by atoms with E-state index in [1.54, 1.807) is 0 Å². The van der Waals surface area contributed by atoms with Gasteiger partial charge in [-0.3, -0.25) is 4.79 Å². The summed E-state index contributed by atoms with van der Waals surface area (Å²) in [4.78, 5) is 16.1. The highest BCUT2D eigenvalue weighted by Crippen LogP contribution is 2.15. The summed E-state index contributed by atoms with van der Waals surface area (Å²) < 4.78 is 0. The minimum absolute atomic E-state index is 0.0458. The smallest absolute Gasteiger partial charge is 0.236 e. The SMILES string of the molecule is CCNCC(=O)N(CCO)C1CCN(C)CC1. The molecule has 0 unspecified atom stereocenters. The molecule has 100 valence electrons. The van der Waals surface area contributed by atoms with Crippen molar-refractivity contribution in [3.05, 3.63) is 0 Å². The van der Waals surface area contributed by atoms with E-state index in [1.807, 2.05) is 11.8 Å². The lowest BCUT2D eigenvalue weighted by Crippen LogP contribution is -2.50. The number of carbonyl (C=O) groups excluding carboxylic acids is 1. The maximum atomic E-state index is 12.0. The Balaban J connectivity index is 2.49. The van der Waals surface area contributed by atoms with Gasteiger partial charge >= 0.3 is 0 Å². The van der Waals surface area contributed by atoms with Crippen molar-refractivity contribution in [2.45, 2.75) is 25.8 Å². The maximum absolute atomic E-state index is 12.0. The first-order valence-electron chi connectivity index (χ1n) is 6.48. The maximum Gasteiger partial charge on any atom is 0.236 e. The molecule has 0 atom stereocenters. The molecule has 0 aliphatic carbocycles. The predicted octanol–water partition coefficient (Wildman–Crippen LogP) is -0.489. The van der Waals surface area contributed by atoms with E-state index in [0.717, 1.165) is 32.5 Å². The number of likely N-dealkylation sites (N-methyl/N-ethyl adjacent to an activating group) is 1. The molecule has 0 aromatic carbocycles. The van der Waals surface area contributed by atoms with E-state index >= 15 is 0 Å². The van der Waals surface area contributed by atoms with Gasteiger partial charge in [-0.25, -0.2) is 0 Å². The lowest BCUT2D eigenvalue weighted by Gasteiger charge is -2.37. The van der Waals surface area contributed by atoms with E-state index in [-0.39, 0.29) is 12.5 Å². The van der Waals surface area contributed by atoms with E-state index < -0.39 is 0 Å². The summed E-state index contributed by atoms with van der Waals surface area (Å²) in [6.07, 6.45) is 2.02. The van der Waals surface area contributed by atoms with Crippen molar-refractivity contribution in [2.75, 3.05) is 46.4 Å². The number of rotatable bonds is 6. The summed E-state index contributed by atoms with van der Waals surface area (Å²) in [6, 6.07) is 0.296. The van der Waals surface area contributed by atoms with Gasteiger partial charge in [0.2, 0.25) is 5.91 Å². The minimum Gasteiger partial charge on any atom is -0.395 e. The molecule has 17 heavy (non-hydrogen) atoms. The van der Waals surface area contributed by atoms with Crippen LogP contribution in [0.25, 0.3) is 0 Å². The highest BCUT2D eigenvalue weighted by Gasteiger charge is 2.25. The third-order valence-corrected chi connectivity index (χ3v) is 3.32. The number of carbonyl (C=O) groups is 1. The Hall–Kier alpha value is -0.650. The van der Waals surface area contributed by atoms with Crippen LogP contribution in [0.15, 0.2) is 0 Å². The molecule has 2 N–H and O–H groups in total. The van der Waals surface area contributed by atoms with E-state index in [1.165, 1.54) is 0 Å². The molecule has 1 rings (SSSR count). The number of hydrogen-bond donors (Lipinski definition) is 2. The second-order valence-electron chi connectivity index (χ2n) is 4.63.